The van der Waals surface area contributed by atoms with Gasteiger partial charge in [0.15, 0.2) is 0 Å². The minimum absolute atomic E-state index is 0.250. The van der Waals surface area contributed by atoms with Gasteiger partial charge in [-0.05, 0) is 55.7 Å². The summed E-state index contributed by atoms with van der Waals surface area (Å²) in [5.74, 6) is -0.649. The predicted octanol–water partition coefficient (Wildman–Crippen LogP) is 2.81. The zero-order valence-corrected chi connectivity index (χ0v) is 17.3. The Morgan fingerprint density at radius 2 is 1.87 bits per heavy atom. The third-order valence-corrected chi connectivity index (χ3v) is 5.04. The molecule has 1 aliphatic rings. The van der Waals surface area contributed by atoms with Crippen molar-refractivity contribution >= 4 is 23.5 Å². The number of hydrogen-bond acceptors (Lipinski definition) is 5. The summed E-state index contributed by atoms with van der Waals surface area (Å²) in [6, 6.07) is 8.41. The molecule has 0 bridgehead atoms. The molecule has 8 nitrogen and oxygen atoms in total. The van der Waals surface area contributed by atoms with Gasteiger partial charge in [0.1, 0.15) is 0 Å². The second-order valence-corrected chi connectivity index (χ2v) is 6.98. The summed E-state index contributed by atoms with van der Waals surface area (Å²) in [5, 5.41) is 2.83. The van der Waals surface area contributed by atoms with Crippen LogP contribution in [0.5, 0.6) is 0 Å². The van der Waals surface area contributed by atoms with Crippen molar-refractivity contribution in [2.24, 2.45) is 0 Å². The Labute approximate surface area is 175 Å². The van der Waals surface area contributed by atoms with Crippen LogP contribution in [0.1, 0.15) is 39.6 Å². The lowest BCUT2D eigenvalue weighted by molar-refractivity contribution is 0.0638. The van der Waals surface area contributed by atoms with Crippen LogP contribution < -0.4 is 5.32 Å². The van der Waals surface area contributed by atoms with E-state index in [1.54, 1.807) is 42.6 Å². The van der Waals surface area contributed by atoms with Gasteiger partial charge in [-0.15, -0.1) is 0 Å². The lowest BCUT2D eigenvalue weighted by Crippen LogP contribution is -2.36. The molecule has 3 rings (SSSR count). The molecule has 0 spiro atoms. The van der Waals surface area contributed by atoms with E-state index in [-0.39, 0.29) is 17.8 Å². The number of amides is 4. The van der Waals surface area contributed by atoms with E-state index in [2.05, 4.69) is 10.3 Å². The van der Waals surface area contributed by atoms with Gasteiger partial charge in [0.2, 0.25) is 0 Å². The second-order valence-electron chi connectivity index (χ2n) is 6.98. The predicted molar refractivity (Wildman–Crippen MR) is 113 cm³/mol. The number of ether oxygens (including phenoxy) is 1. The van der Waals surface area contributed by atoms with E-state index in [9.17, 15) is 14.4 Å². The molecule has 0 radical (unpaired) electrons. The Hall–Kier alpha value is -3.26. The first kappa shape index (κ1) is 21.4. The van der Waals surface area contributed by atoms with Crippen LogP contribution in [0.4, 0.5) is 10.5 Å². The van der Waals surface area contributed by atoms with E-state index in [0.29, 0.717) is 49.5 Å². The van der Waals surface area contributed by atoms with E-state index >= 15 is 0 Å². The molecule has 158 valence electrons. The van der Waals surface area contributed by atoms with Gasteiger partial charge >= 0.3 is 6.03 Å². The van der Waals surface area contributed by atoms with Gasteiger partial charge in [-0.2, -0.15) is 0 Å². The molecular formula is C22H26N4O4. The van der Waals surface area contributed by atoms with Gasteiger partial charge < -0.3 is 15.0 Å². The van der Waals surface area contributed by atoms with Crippen LogP contribution in [-0.4, -0.2) is 66.0 Å². The summed E-state index contributed by atoms with van der Waals surface area (Å²) in [6.07, 6.45) is 4.76. The van der Waals surface area contributed by atoms with Crippen molar-refractivity contribution in [3.63, 3.8) is 0 Å². The first-order chi connectivity index (χ1) is 14.5. The van der Waals surface area contributed by atoms with Crippen LogP contribution in [0.15, 0.2) is 42.7 Å². The van der Waals surface area contributed by atoms with Crippen LogP contribution in [-0.2, 0) is 11.2 Å². The Bertz CT molecular complexity index is 917. The van der Waals surface area contributed by atoms with Crippen LogP contribution in [0.3, 0.4) is 0 Å². The number of nitrogens with zero attached hydrogens (tertiary/aromatic N) is 3. The number of fused-ring (bicyclic) bond motifs is 1. The van der Waals surface area contributed by atoms with Crippen molar-refractivity contribution in [2.75, 3.05) is 38.7 Å². The van der Waals surface area contributed by atoms with E-state index in [1.807, 2.05) is 19.1 Å². The minimum Gasteiger partial charge on any atom is -0.385 e. The van der Waals surface area contributed by atoms with Gasteiger partial charge in [-0.25, -0.2) is 4.79 Å². The molecule has 1 aromatic heterocycles. The number of imide groups is 1. The van der Waals surface area contributed by atoms with Crippen molar-refractivity contribution in [3.05, 3.63) is 59.4 Å². The number of pyridine rings is 1. The van der Waals surface area contributed by atoms with Crippen LogP contribution >= 0.6 is 0 Å². The van der Waals surface area contributed by atoms with Crippen molar-refractivity contribution in [1.29, 1.82) is 0 Å². The smallest absolute Gasteiger partial charge is 0.321 e. The summed E-state index contributed by atoms with van der Waals surface area (Å²) in [5.41, 5.74) is 2.27. The monoisotopic (exact) mass is 410 g/mol. The molecule has 0 saturated heterocycles. The number of rotatable bonds is 9. The molecule has 30 heavy (non-hydrogen) atoms. The van der Waals surface area contributed by atoms with Crippen molar-refractivity contribution in [2.45, 2.75) is 19.8 Å². The third-order valence-electron chi connectivity index (χ3n) is 5.04. The van der Waals surface area contributed by atoms with Gasteiger partial charge in [-0.1, -0.05) is 0 Å². The molecule has 2 aromatic rings. The summed E-state index contributed by atoms with van der Waals surface area (Å²) < 4.78 is 4.99. The highest BCUT2D eigenvalue weighted by Gasteiger charge is 2.35. The Kier molecular flexibility index (Phi) is 7.13. The first-order valence-corrected chi connectivity index (χ1v) is 9.99. The third kappa shape index (κ3) is 4.83. The maximum atomic E-state index is 12.7. The maximum absolute atomic E-state index is 12.7. The number of carbonyl (C=O) groups excluding carboxylic acids is 3. The highest BCUT2D eigenvalue weighted by Crippen LogP contribution is 2.26. The highest BCUT2D eigenvalue weighted by atomic mass is 16.5. The van der Waals surface area contributed by atoms with E-state index in [0.717, 1.165) is 12.0 Å². The number of hydrogen-bond donors (Lipinski definition) is 1. The molecule has 8 heteroatoms. The molecule has 0 saturated carbocycles. The maximum Gasteiger partial charge on any atom is 0.321 e. The fraction of sp³-hybridized carbons (Fsp3) is 0.364. The van der Waals surface area contributed by atoms with Crippen LogP contribution in [0.2, 0.25) is 0 Å². The molecule has 2 heterocycles. The molecule has 0 fully saturated rings. The van der Waals surface area contributed by atoms with Gasteiger partial charge in [0.05, 0.1) is 11.1 Å². The number of carbonyl (C=O) groups is 3. The Balaban J connectivity index is 1.64. The topological polar surface area (TPSA) is 91.8 Å². The quantitative estimate of drug-likeness (QED) is 0.507. The molecular weight excluding hydrogens is 384 g/mol. The summed E-state index contributed by atoms with van der Waals surface area (Å²) >= 11 is 0. The fourth-order valence-electron chi connectivity index (χ4n) is 3.36. The van der Waals surface area contributed by atoms with E-state index in [1.165, 1.54) is 4.90 Å². The normalized spacial score (nSPS) is 12.8. The molecule has 4 amide bonds. The Morgan fingerprint density at radius 1 is 1.13 bits per heavy atom. The fourth-order valence-corrected chi connectivity index (χ4v) is 3.36. The molecule has 0 unspecified atom stereocenters. The van der Waals surface area contributed by atoms with Crippen molar-refractivity contribution in [1.82, 2.24) is 14.8 Å². The molecule has 1 N–H and O–H groups in total. The molecule has 1 aliphatic heterocycles. The lowest BCUT2D eigenvalue weighted by atomic mass is 10.1. The SMILES string of the molecule is CCN(CCc1ccncc1)C(=O)Nc1ccc2c(c1)C(=O)N(CCCOC)C2=O. The average molecular weight is 410 g/mol. The number of anilines is 1. The zero-order chi connectivity index (χ0) is 21.5. The summed E-state index contributed by atoms with van der Waals surface area (Å²) in [7, 11) is 1.58. The van der Waals surface area contributed by atoms with Gasteiger partial charge in [-0.3, -0.25) is 19.5 Å². The Morgan fingerprint density at radius 3 is 2.57 bits per heavy atom. The standard InChI is InChI=1S/C22H26N4O4/c1-3-25(13-9-16-7-10-23-11-8-16)22(29)24-17-5-6-18-19(15-17)21(28)26(20(18)27)12-4-14-30-2/h5-8,10-11,15H,3-4,9,12-14H2,1-2H3,(H,24,29). The number of methoxy groups -OCH3 is 1. The van der Waals surface area contributed by atoms with Gasteiger partial charge in [0, 0.05) is 51.4 Å². The number of likely N-dealkylation sites (N-methyl/N-ethyl adjacent to an activating group) is 1. The lowest BCUT2D eigenvalue weighted by Gasteiger charge is -2.21. The highest BCUT2D eigenvalue weighted by molar-refractivity contribution is 6.21. The van der Waals surface area contributed by atoms with Crippen molar-refractivity contribution < 1.29 is 19.1 Å². The minimum atomic E-state index is -0.341. The summed E-state index contributed by atoms with van der Waals surface area (Å²) in [4.78, 5) is 44.7. The van der Waals surface area contributed by atoms with Crippen LogP contribution in [0.25, 0.3) is 0 Å². The summed E-state index contributed by atoms with van der Waals surface area (Å²) in [6.45, 7) is 3.80. The number of aromatic nitrogens is 1. The van der Waals surface area contributed by atoms with E-state index < -0.39 is 0 Å². The van der Waals surface area contributed by atoms with Crippen molar-refractivity contribution in [3.8, 4) is 0 Å². The van der Waals surface area contributed by atoms with Crippen LogP contribution in [0, 0.1) is 0 Å². The number of urea groups is 1. The molecule has 0 atom stereocenters. The molecule has 0 aliphatic carbocycles. The first-order valence-electron chi connectivity index (χ1n) is 9.99. The molecule has 1 aromatic carbocycles. The number of benzene rings is 1. The average Bonchev–Trinajstić information content (AvgIpc) is 2.99. The number of nitrogens with one attached hydrogen (secondary N) is 1. The zero-order valence-electron chi connectivity index (χ0n) is 17.3. The largest absolute Gasteiger partial charge is 0.385 e. The second kappa shape index (κ2) is 9.98. The van der Waals surface area contributed by atoms with Gasteiger partial charge in [0.25, 0.3) is 11.8 Å². The van der Waals surface area contributed by atoms with E-state index in [4.69, 9.17) is 4.74 Å².